The van der Waals surface area contributed by atoms with E-state index in [0.29, 0.717) is 28.1 Å². The number of nitrogens with zero attached hydrogens (tertiary/aromatic N) is 2. The zero-order chi connectivity index (χ0) is 19.9. The second kappa shape index (κ2) is 9.48. The van der Waals surface area contributed by atoms with E-state index in [9.17, 15) is 4.79 Å². The lowest BCUT2D eigenvalue weighted by Crippen LogP contribution is -2.20. The van der Waals surface area contributed by atoms with Gasteiger partial charge in [-0.3, -0.25) is 4.68 Å². The van der Waals surface area contributed by atoms with Gasteiger partial charge in [0.25, 0.3) is 0 Å². The van der Waals surface area contributed by atoms with E-state index in [2.05, 4.69) is 27.9 Å². The van der Waals surface area contributed by atoms with Crippen LogP contribution in [0, 0.1) is 0 Å². The second-order valence-electron chi connectivity index (χ2n) is 5.97. The number of thiophene rings is 1. The highest BCUT2D eigenvalue weighted by Gasteiger charge is 2.18. The maximum absolute atomic E-state index is 12.4. The Morgan fingerprint density at radius 3 is 2.68 bits per heavy atom. The molecule has 2 aromatic heterocycles. The van der Waals surface area contributed by atoms with E-state index in [1.54, 1.807) is 11.6 Å². The predicted molar refractivity (Wildman–Crippen MR) is 117 cm³/mol. The van der Waals surface area contributed by atoms with Gasteiger partial charge >= 0.3 is 5.97 Å². The van der Waals surface area contributed by atoms with Crippen molar-refractivity contribution in [1.82, 2.24) is 9.78 Å². The molecule has 0 aliphatic carbocycles. The molecule has 0 bridgehead atoms. The van der Waals surface area contributed by atoms with Gasteiger partial charge in [0.15, 0.2) is 10.9 Å². The van der Waals surface area contributed by atoms with Crippen molar-refractivity contribution in [2.45, 2.75) is 26.8 Å². The lowest BCUT2D eigenvalue weighted by molar-refractivity contribution is 0.0528. The molecule has 1 aromatic carbocycles. The average molecular weight is 415 g/mol. The number of esters is 1. The number of aryl methyl sites for hydroxylation is 1. The summed E-state index contributed by atoms with van der Waals surface area (Å²) < 4.78 is 7.00. The SMILES string of the molecule is CCOC(=O)c1cc(Cc2ccccc2)sc1NC(=S)Nc1ccn(CC)n1. The fourth-order valence-corrected chi connectivity index (χ4v) is 3.99. The molecular formula is C20H22N4O2S2. The molecule has 0 radical (unpaired) electrons. The van der Waals surface area contributed by atoms with E-state index in [-0.39, 0.29) is 5.97 Å². The minimum absolute atomic E-state index is 0.319. The van der Waals surface area contributed by atoms with Crippen molar-refractivity contribution in [3.05, 3.63) is 64.7 Å². The topological polar surface area (TPSA) is 68.2 Å². The Hall–Kier alpha value is -2.71. The molecule has 0 atom stereocenters. The van der Waals surface area contributed by atoms with Crippen LogP contribution in [0.2, 0.25) is 0 Å². The van der Waals surface area contributed by atoms with Crippen molar-refractivity contribution in [2.75, 3.05) is 17.2 Å². The first-order valence-electron chi connectivity index (χ1n) is 9.04. The van der Waals surface area contributed by atoms with E-state index in [1.165, 1.54) is 16.9 Å². The fourth-order valence-electron chi connectivity index (χ4n) is 2.63. The molecule has 0 saturated carbocycles. The van der Waals surface area contributed by atoms with Crippen molar-refractivity contribution < 1.29 is 9.53 Å². The maximum Gasteiger partial charge on any atom is 0.341 e. The lowest BCUT2D eigenvalue weighted by atomic mass is 10.1. The van der Waals surface area contributed by atoms with E-state index in [0.717, 1.165) is 17.8 Å². The highest BCUT2D eigenvalue weighted by Crippen LogP contribution is 2.30. The van der Waals surface area contributed by atoms with Gasteiger partial charge in [-0.1, -0.05) is 30.3 Å². The van der Waals surface area contributed by atoms with Crippen LogP contribution in [0.1, 0.15) is 34.6 Å². The van der Waals surface area contributed by atoms with Crippen molar-refractivity contribution in [3.63, 3.8) is 0 Å². The van der Waals surface area contributed by atoms with Crippen LogP contribution in [0.15, 0.2) is 48.7 Å². The number of thiocarbonyl (C=S) groups is 1. The molecule has 0 fully saturated rings. The van der Waals surface area contributed by atoms with Crippen molar-refractivity contribution in [1.29, 1.82) is 0 Å². The first-order valence-corrected chi connectivity index (χ1v) is 10.3. The zero-order valence-corrected chi connectivity index (χ0v) is 17.4. The van der Waals surface area contributed by atoms with Gasteiger partial charge in [-0.05, 0) is 37.7 Å². The Labute approximate surface area is 173 Å². The van der Waals surface area contributed by atoms with Crippen LogP contribution in [-0.4, -0.2) is 27.5 Å². The van der Waals surface area contributed by atoms with E-state index in [4.69, 9.17) is 17.0 Å². The molecule has 146 valence electrons. The van der Waals surface area contributed by atoms with Crippen LogP contribution in [0.3, 0.4) is 0 Å². The maximum atomic E-state index is 12.4. The molecule has 0 saturated heterocycles. The third kappa shape index (κ3) is 5.17. The molecule has 0 unspecified atom stereocenters. The van der Waals surface area contributed by atoms with Gasteiger partial charge in [-0.25, -0.2) is 4.79 Å². The summed E-state index contributed by atoms with van der Waals surface area (Å²) in [4.78, 5) is 13.4. The molecule has 8 heteroatoms. The van der Waals surface area contributed by atoms with Gasteiger partial charge in [0.2, 0.25) is 0 Å². The van der Waals surface area contributed by atoms with Crippen LogP contribution in [0.25, 0.3) is 0 Å². The number of ether oxygens (including phenoxy) is 1. The van der Waals surface area contributed by atoms with Crippen LogP contribution in [0.4, 0.5) is 10.8 Å². The highest BCUT2D eigenvalue weighted by molar-refractivity contribution is 7.80. The van der Waals surface area contributed by atoms with Gasteiger partial charge in [-0.15, -0.1) is 11.3 Å². The lowest BCUT2D eigenvalue weighted by Gasteiger charge is -2.08. The molecule has 28 heavy (non-hydrogen) atoms. The summed E-state index contributed by atoms with van der Waals surface area (Å²) in [5, 5.41) is 11.6. The van der Waals surface area contributed by atoms with E-state index < -0.39 is 0 Å². The molecule has 0 aliphatic rings. The van der Waals surface area contributed by atoms with Crippen molar-refractivity contribution >= 4 is 45.5 Å². The number of rotatable bonds is 7. The normalized spacial score (nSPS) is 10.5. The Morgan fingerprint density at radius 1 is 1.21 bits per heavy atom. The largest absolute Gasteiger partial charge is 0.462 e. The third-order valence-electron chi connectivity index (χ3n) is 3.93. The summed E-state index contributed by atoms with van der Waals surface area (Å²) >= 11 is 6.89. The van der Waals surface area contributed by atoms with Gasteiger partial charge in [-0.2, -0.15) is 5.10 Å². The Kier molecular flexibility index (Phi) is 6.78. The second-order valence-corrected chi connectivity index (χ2v) is 7.52. The van der Waals surface area contributed by atoms with Gasteiger partial charge in [0.1, 0.15) is 5.00 Å². The van der Waals surface area contributed by atoms with Crippen LogP contribution < -0.4 is 10.6 Å². The summed E-state index contributed by atoms with van der Waals surface area (Å²) in [6, 6.07) is 13.8. The number of hydrogen-bond donors (Lipinski definition) is 2. The highest BCUT2D eigenvalue weighted by atomic mass is 32.1. The predicted octanol–water partition coefficient (Wildman–Crippen LogP) is 4.54. The molecule has 0 amide bonds. The average Bonchev–Trinajstić information content (AvgIpc) is 3.29. The molecule has 0 spiro atoms. The first kappa shape index (κ1) is 20.0. The fraction of sp³-hybridized carbons (Fsp3) is 0.250. The molecule has 0 aliphatic heterocycles. The minimum Gasteiger partial charge on any atom is -0.462 e. The summed E-state index contributed by atoms with van der Waals surface area (Å²) in [7, 11) is 0. The van der Waals surface area contributed by atoms with E-state index in [1.807, 2.05) is 43.5 Å². The number of carbonyl (C=O) groups is 1. The zero-order valence-electron chi connectivity index (χ0n) is 15.8. The number of hydrogen-bond acceptors (Lipinski definition) is 5. The standard InChI is InChI=1S/C20H22N4O2S2/c1-3-24-11-10-17(23-24)21-20(27)22-18-16(19(25)26-4-2)13-15(28-18)12-14-8-6-5-7-9-14/h5-11,13H,3-4,12H2,1-2H3,(H2,21,22,23,27). The van der Waals surface area contributed by atoms with E-state index >= 15 is 0 Å². The third-order valence-corrected chi connectivity index (χ3v) is 5.19. The molecular weight excluding hydrogens is 392 g/mol. The van der Waals surface area contributed by atoms with Crippen LogP contribution in [-0.2, 0) is 17.7 Å². The number of aromatic nitrogens is 2. The Bertz CT molecular complexity index is 950. The number of benzene rings is 1. The number of carbonyl (C=O) groups excluding carboxylic acids is 1. The van der Waals surface area contributed by atoms with Crippen molar-refractivity contribution in [2.24, 2.45) is 0 Å². The van der Waals surface area contributed by atoms with Gasteiger partial charge in [0, 0.05) is 30.1 Å². The van der Waals surface area contributed by atoms with Crippen LogP contribution in [0.5, 0.6) is 0 Å². The number of anilines is 2. The van der Waals surface area contributed by atoms with Gasteiger partial charge < -0.3 is 15.4 Å². The Balaban J connectivity index is 1.77. The first-order chi connectivity index (χ1) is 13.6. The minimum atomic E-state index is -0.362. The summed E-state index contributed by atoms with van der Waals surface area (Å²) in [5.74, 6) is 0.289. The van der Waals surface area contributed by atoms with Gasteiger partial charge in [0.05, 0.1) is 12.2 Å². The molecule has 6 nitrogen and oxygen atoms in total. The molecule has 2 N–H and O–H groups in total. The number of nitrogens with one attached hydrogen (secondary N) is 2. The smallest absolute Gasteiger partial charge is 0.341 e. The quantitative estimate of drug-likeness (QED) is 0.437. The Morgan fingerprint density at radius 2 is 2.00 bits per heavy atom. The van der Waals surface area contributed by atoms with Crippen LogP contribution >= 0.6 is 23.6 Å². The molecule has 3 aromatic rings. The summed E-state index contributed by atoms with van der Waals surface area (Å²) in [5.41, 5.74) is 1.66. The molecule has 2 heterocycles. The monoisotopic (exact) mass is 414 g/mol. The molecule has 3 rings (SSSR count). The summed E-state index contributed by atoms with van der Waals surface area (Å²) in [6.07, 6.45) is 2.61. The van der Waals surface area contributed by atoms with Crippen molar-refractivity contribution in [3.8, 4) is 0 Å². The summed E-state index contributed by atoms with van der Waals surface area (Å²) in [6.45, 7) is 4.90.